The molecule has 0 heterocycles. The van der Waals surface area contributed by atoms with Crippen LogP contribution in [0.4, 0.5) is 8.78 Å². The molecule has 0 spiro atoms. The van der Waals surface area contributed by atoms with E-state index in [0.29, 0.717) is 6.07 Å². The molecule has 0 unspecified atom stereocenters. The van der Waals surface area contributed by atoms with E-state index in [9.17, 15) is 18.4 Å². The summed E-state index contributed by atoms with van der Waals surface area (Å²) in [6.07, 6.45) is -0.558. The summed E-state index contributed by atoms with van der Waals surface area (Å²) in [5.41, 5.74) is -0.197. The second-order valence-electron chi connectivity index (χ2n) is 3.14. The van der Waals surface area contributed by atoms with Crippen LogP contribution in [0, 0.1) is 11.6 Å². The van der Waals surface area contributed by atoms with Gasteiger partial charge in [0.15, 0.2) is 17.4 Å². The molecule has 92 valence electrons. The Hall–Kier alpha value is -1.98. The lowest BCUT2D eigenvalue weighted by molar-refractivity contribution is -0.139. The first-order chi connectivity index (χ1) is 7.99. The highest BCUT2D eigenvalue weighted by Crippen LogP contribution is 2.23. The third kappa shape index (κ3) is 2.99. The molecule has 0 aliphatic carbocycles. The Bertz CT molecular complexity index is 457. The fraction of sp³-hybridized carbons (Fsp3) is 0.273. The Balaban J connectivity index is 3.08. The molecule has 0 radical (unpaired) electrons. The first-order valence-corrected chi connectivity index (χ1v) is 4.62. The second kappa shape index (κ2) is 5.38. The van der Waals surface area contributed by atoms with E-state index in [1.165, 1.54) is 7.11 Å². The minimum atomic E-state index is -1.18. The van der Waals surface area contributed by atoms with E-state index in [2.05, 4.69) is 4.74 Å². The zero-order valence-electron chi connectivity index (χ0n) is 9.25. The molecule has 0 saturated heterocycles. The highest BCUT2D eigenvalue weighted by atomic mass is 19.2. The summed E-state index contributed by atoms with van der Waals surface area (Å²) < 4.78 is 34.9. The second-order valence-corrected chi connectivity index (χ2v) is 3.14. The molecule has 0 aliphatic heterocycles. The van der Waals surface area contributed by atoms with Crippen LogP contribution >= 0.6 is 0 Å². The van der Waals surface area contributed by atoms with Crippen molar-refractivity contribution in [1.29, 1.82) is 0 Å². The molecule has 0 fully saturated rings. The molecule has 0 N–H and O–H groups in total. The third-order valence-corrected chi connectivity index (χ3v) is 2.08. The Morgan fingerprint density at radius 2 is 1.76 bits per heavy atom. The van der Waals surface area contributed by atoms with Crippen LogP contribution < -0.4 is 4.74 Å². The summed E-state index contributed by atoms with van der Waals surface area (Å²) >= 11 is 0. The van der Waals surface area contributed by atoms with Gasteiger partial charge in [-0.05, 0) is 6.07 Å². The average molecular weight is 244 g/mol. The zero-order chi connectivity index (χ0) is 13.0. The maximum atomic E-state index is 13.0. The highest BCUT2D eigenvalue weighted by molar-refractivity contribution is 6.07. The van der Waals surface area contributed by atoms with Gasteiger partial charge in [0.25, 0.3) is 0 Å². The van der Waals surface area contributed by atoms with Gasteiger partial charge in [-0.1, -0.05) is 0 Å². The molecular formula is C11H10F2O4. The number of hydrogen-bond donors (Lipinski definition) is 0. The number of ketones is 1. The lowest BCUT2D eigenvalue weighted by Gasteiger charge is -2.07. The number of hydrogen-bond acceptors (Lipinski definition) is 4. The molecule has 0 aromatic heterocycles. The molecule has 0 amide bonds. The molecule has 1 rings (SSSR count). The minimum Gasteiger partial charge on any atom is -0.496 e. The van der Waals surface area contributed by atoms with Crippen LogP contribution in [0.5, 0.6) is 5.75 Å². The van der Waals surface area contributed by atoms with Gasteiger partial charge in [-0.3, -0.25) is 9.59 Å². The molecule has 0 aliphatic rings. The van der Waals surface area contributed by atoms with Gasteiger partial charge >= 0.3 is 5.97 Å². The molecular weight excluding hydrogens is 234 g/mol. The minimum absolute atomic E-state index is 0.127. The van der Waals surface area contributed by atoms with E-state index in [-0.39, 0.29) is 11.3 Å². The number of ether oxygens (including phenoxy) is 2. The number of carbonyl (C=O) groups excluding carboxylic acids is 2. The number of rotatable bonds is 4. The van der Waals surface area contributed by atoms with Gasteiger partial charge in [0.05, 0.1) is 19.8 Å². The third-order valence-electron chi connectivity index (χ3n) is 2.08. The van der Waals surface area contributed by atoms with Crippen molar-refractivity contribution in [3.8, 4) is 5.75 Å². The summed E-state index contributed by atoms with van der Waals surface area (Å²) in [4.78, 5) is 22.5. The van der Waals surface area contributed by atoms with E-state index in [0.717, 1.165) is 13.2 Å². The highest BCUT2D eigenvalue weighted by Gasteiger charge is 2.19. The van der Waals surface area contributed by atoms with Crippen LogP contribution in [0.15, 0.2) is 12.1 Å². The summed E-state index contributed by atoms with van der Waals surface area (Å²) in [5, 5.41) is 0. The lowest BCUT2D eigenvalue weighted by Crippen LogP contribution is -2.11. The lowest BCUT2D eigenvalue weighted by atomic mass is 10.1. The number of carbonyl (C=O) groups is 2. The molecule has 1 aromatic rings. The van der Waals surface area contributed by atoms with Crippen LogP contribution in [0.3, 0.4) is 0 Å². The van der Waals surface area contributed by atoms with Crippen molar-refractivity contribution in [1.82, 2.24) is 0 Å². The van der Waals surface area contributed by atoms with Crippen molar-refractivity contribution in [3.05, 3.63) is 29.3 Å². The van der Waals surface area contributed by atoms with Gasteiger partial charge in [-0.25, -0.2) is 8.78 Å². The first kappa shape index (κ1) is 13.1. The van der Waals surface area contributed by atoms with Gasteiger partial charge in [0, 0.05) is 6.07 Å². The van der Waals surface area contributed by atoms with E-state index >= 15 is 0 Å². The van der Waals surface area contributed by atoms with Crippen molar-refractivity contribution < 1.29 is 27.8 Å². The number of benzene rings is 1. The SMILES string of the molecule is COC(=O)CC(=O)c1cc(F)c(F)cc1OC. The fourth-order valence-electron chi connectivity index (χ4n) is 1.21. The Labute approximate surface area is 96.1 Å². The monoisotopic (exact) mass is 244 g/mol. The number of halogens is 2. The van der Waals surface area contributed by atoms with Crippen LogP contribution in [0.25, 0.3) is 0 Å². The van der Waals surface area contributed by atoms with Gasteiger partial charge in [0.1, 0.15) is 12.2 Å². The molecule has 0 saturated carbocycles. The van der Waals surface area contributed by atoms with Crippen molar-refractivity contribution in [2.75, 3.05) is 14.2 Å². The van der Waals surface area contributed by atoms with Crippen LogP contribution in [-0.2, 0) is 9.53 Å². The summed E-state index contributed by atoms with van der Waals surface area (Å²) in [6.45, 7) is 0. The summed E-state index contributed by atoms with van der Waals surface area (Å²) in [6, 6.07) is 1.44. The molecule has 0 bridgehead atoms. The molecule has 0 atom stereocenters. The van der Waals surface area contributed by atoms with E-state index in [1.54, 1.807) is 0 Å². The maximum Gasteiger partial charge on any atom is 0.313 e. The molecule has 1 aromatic carbocycles. The maximum absolute atomic E-state index is 13.0. The summed E-state index contributed by atoms with van der Waals surface area (Å²) in [5.74, 6) is -3.90. The molecule has 6 heteroatoms. The zero-order valence-corrected chi connectivity index (χ0v) is 9.25. The first-order valence-electron chi connectivity index (χ1n) is 4.62. The summed E-state index contributed by atoms with van der Waals surface area (Å²) in [7, 11) is 2.33. The molecule has 17 heavy (non-hydrogen) atoms. The Kier molecular flexibility index (Phi) is 4.14. The predicted molar refractivity (Wildman–Crippen MR) is 53.9 cm³/mol. The number of Topliss-reactive ketones (excluding diaryl/α,β-unsaturated/α-hetero) is 1. The van der Waals surface area contributed by atoms with Crippen LogP contribution in [0.2, 0.25) is 0 Å². The van der Waals surface area contributed by atoms with E-state index in [1.807, 2.05) is 0 Å². The number of esters is 1. The molecule has 4 nitrogen and oxygen atoms in total. The smallest absolute Gasteiger partial charge is 0.313 e. The topological polar surface area (TPSA) is 52.6 Å². The predicted octanol–water partition coefficient (Wildman–Crippen LogP) is 1.72. The van der Waals surface area contributed by atoms with Gasteiger partial charge < -0.3 is 9.47 Å². The largest absolute Gasteiger partial charge is 0.496 e. The quantitative estimate of drug-likeness (QED) is 0.459. The van der Waals surface area contributed by atoms with Crippen LogP contribution in [0.1, 0.15) is 16.8 Å². The normalized spacial score (nSPS) is 9.88. The van der Waals surface area contributed by atoms with Gasteiger partial charge in [-0.15, -0.1) is 0 Å². The fourth-order valence-corrected chi connectivity index (χ4v) is 1.21. The van der Waals surface area contributed by atoms with Gasteiger partial charge in [0.2, 0.25) is 0 Å². The standard InChI is InChI=1S/C11H10F2O4/c1-16-10-4-8(13)7(12)3-6(10)9(14)5-11(15)17-2/h3-4H,5H2,1-2H3. The Morgan fingerprint density at radius 3 is 2.29 bits per heavy atom. The van der Waals surface area contributed by atoms with Crippen molar-refractivity contribution >= 4 is 11.8 Å². The van der Waals surface area contributed by atoms with Crippen molar-refractivity contribution in [2.45, 2.75) is 6.42 Å². The van der Waals surface area contributed by atoms with E-state index in [4.69, 9.17) is 4.74 Å². The van der Waals surface area contributed by atoms with Gasteiger partial charge in [-0.2, -0.15) is 0 Å². The van der Waals surface area contributed by atoms with Crippen molar-refractivity contribution in [2.24, 2.45) is 0 Å². The Morgan fingerprint density at radius 1 is 1.18 bits per heavy atom. The van der Waals surface area contributed by atoms with Crippen LogP contribution in [-0.4, -0.2) is 26.0 Å². The van der Waals surface area contributed by atoms with E-state index < -0.39 is 29.8 Å². The average Bonchev–Trinajstić information content (AvgIpc) is 2.31. The number of methoxy groups -OCH3 is 2. The van der Waals surface area contributed by atoms with Crippen molar-refractivity contribution in [3.63, 3.8) is 0 Å².